The second kappa shape index (κ2) is 4.87. The first-order valence-electron chi connectivity index (χ1n) is 3.50. The van der Waals surface area contributed by atoms with Crippen LogP contribution in [0.2, 0.25) is 0 Å². The second-order valence-corrected chi connectivity index (χ2v) is 3.37. The van der Waals surface area contributed by atoms with E-state index in [4.69, 9.17) is 4.42 Å². The van der Waals surface area contributed by atoms with Crippen molar-refractivity contribution in [3.8, 4) is 0 Å². The third-order valence-corrected chi connectivity index (χ3v) is 2.39. The summed E-state index contributed by atoms with van der Waals surface area (Å²) >= 11 is 1.76. The van der Waals surface area contributed by atoms with Crippen LogP contribution in [0.4, 0.5) is 0 Å². The summed E-state index contributed by atoms with van der Waals surface area (Å²) in [4.78, 5) is 1.35. The number of thiophene rings is 1. The van der Waals surface area contributed by atoms with Crippen LogP contribution in [0.15, 0.2) is 40.3 Å². The Morgan fingerprint density at radius 3 is 2.75 bits per heavy atom. The summed E-state index contributed by atoms with van der Waals surface area (Å²) in [5.41, 5.74) is 0. The van der Waals surface area contributed by atoms with Crippen molar-refractivity contribution in [1.82, 2.24) is 0 Å². The zero-order chi connectivity index (χ0) is 7.52. The Morgan fingerprint density at radius 1 is 1.25 bits per heavy atom. The molecule has 0 amide bonds. The molecule has 0 aliphatic rings. The van der Waals surface area contributed by atoms with E-state index in [1.807, 2.05) is 12.1 Å². The quantitative estimate of drug-likeness (QED) is 0.659. The molecule has 0 spiro atoms. The summed E-state index contributed by atoms with van der Waals surface area (Å²) in [6.07, 6.45) is 2.63. The van der Waals surface area contributed by atoms with Crippen LogP contribution in [-0.4, -0.2) is 29.6 Å². The van der Waals surface area contributed by atoms with Crippen LogP contribution in [0, 0.1) is 0 Å². The molecule has 0 fully saturated rings. The van der Waals surface area contributed by atoms with E-state index >= 15 is 0 Å². The number of hydrogen-bond donors (Lipinski definition) is 0. The van der Waals surface area contributed by atoms with Crippen molar-refractivity contribution >= 4 is 40.9 Å². The summed E-state index contributed by atoms with van der Waals surface area (Å²) in [5, 5.41) is 2.08. The average molecular weight is 188 g/mol. The topological polar surface area (TPSA) is 13.1 Å². The van der Waals surface area contributed by atoms with Crippen LogP contribution < -0.4 is 0 Å². The van der Waals surface area contributed by atoms with Gasteiger partial charge in [0.1, 0.15) is 5.76 Å². The van der Waals surface area contributed by atoms with Gasteiger partial charge in [0.25, 0.3) is 0 Å². The van der Waals surface area contributed by atoms with Crippen molar-refractivity contribution in [2.75, 3.05) is 0 Å². The zero-order valence-electron chi connectivity index (χ0n) is 5.99. The van der Waals surface area contributed by atoms with E-state index in [1.54, 1.807) is 17.6 Å². The molecule has 0 bridgehead atoms. The Morgan fingerprint density at radius 2 is 2.17 bits per heavy atom. The fraction of sp³-hybridized carbons (Fsp3) is 0.111. The molecular formula is C9H9NaOS. The molecule has 0 aliphatic carbocycles. The molecule has 0 aliphatic heterocycles. The van der Waals surface area contributed by atoms with Gasteiger partial charge in [-0.15, -0.1) is 11.3 Å². The molecule has 0 saturated heterocycles. The standard InChI is InChI=1S/C9H8OS.Na.H/c1-3-8(10-5-1)7-9-4-2-6-11-9;;/h1-6H,7H2;;. The van der Waals surface area contributed by atoms with Gasteiger partial charge >= 0.3 is 29.6 Å². The monoisotopic (exact) mass is 188 g/mol. The molecule has 3 heteroatoms. The molecule has 0 radical (unpaired) electrons. The molecule has 2 aromatic rings. The number of hydrogen-bond acceptors (Lipinski definition) is 2. The molecule has 58 valence electrons. The third kappa shape index (κ3) is 2.49. The fourth-order valence-electron chi connectivity index (χ4n) is 0.998. The molecular weight excluding hydrogens is 179 g/mol. The van der Waals surface area contributed by atoms with E-state index in [0.717, 1.165) is 12.2 Å². The minimum absolute atomic E-state index is 0. The van der Waals surface area contributed by atoms with Crippen molar-refractivity contribution in [3.05, 3.63) is 46.5 Å². The molecule has 12 heavy (non-hydrogen) atoms. The first-order valence-corrected chi connectivity index (χ1v) is 4.38. The number of rotatable bonds is 2. The van der Waals surface area contributed by atoms with E-state index in [0.29, 0.717) is 0 Å². The maximum atomic E-state index is 5.21. The summed E-state index contributed by atoms with van der Waals surface area (Å²) in [6, 6.07) is 8.10. The predicted molar refractivity (Wildman–Crippen MR) is 53.0 cm³/mol. The van der Waals surface area contributed by atoms with E-state index in [2.05, 4.69) is 17.5 Å². The molecule has 0 aromatic carbocycles. The summed E-state index contributed by atoms with van der Waals surface area (Å²) in [7, 11) is 0. The smallest absolute Gasteiger partial charge is 0.108 e. The Labute approximate surface area is 97.7 Å². The molecule has 2 aromatic heterocycles. The minimum Gasteiger partial charge on any atom is -0.469 e. The summed E-state index contributed by atoms with van der Waals surface area (Å²) in [6.45, 7) is 0. The summed E-state index contributed by atoms with van der Waals surface area (Å²) < 4.78 is 5.21. The molecule has 0 unspecified atom stereocenters. The molecule has 0 N–H and O–H groups in total. The Bertz CT molecular complexity index is 267. The maximum absolute atomic E-state index is 5.21. The summed E-state index contributed by atoms with van der Waals surface area (Å²) in [5.74, 6) is 1.03. The van der Waals surface area contributed by atoms with Crippen LogP contribution in [-0.2, 0) is 6.42 Å². The molecule has 0 atom stereocenters. The van der Waals surface area contributed by atoms with Gasteiger partial charge in [-0.25, -0.2) is 0 Å². The number of furan rings is 1. The van der Waals surface area contributed by atoms with E-state index in [-0.39, 0.29) is 29.6 Å². The molecule has 2 heterocycles. The van der Waals surface area contributed by atoms with Crippen LogP contribution >= 0.6 is 11.3 Å². The van der Waals surface area contributed by atoms with E-state index in [9.17, 15) is 0 Å². The maximum Gasteiger partial charge on any atom is 0.108 e. The van der Waals surface area contributed by atoms with Gasteiger partial charge in [-0.05, 0) is 23.6 Å². The van der Waals surface area contributed by atoms with Crippen molar-refractivity contribution in [3.63, 3.8) is 0 Å². The van der Waals surface area contributed by atoms with Crippen LogP contribution in [0.5, 0.6) is 0 Å². The average Bonchev–Trinajstić information content (AvgIpc) is 2.60. The van der Waals surface area contributed by atoms with Crippen LogP contribution in [0.25, 0.3) is 0 Å². The van der Waals surface area contributed by atoms with E-state index in [1.165, 1.54) is 4.88 Å². The van der Waals surface area contributed by atoms with E-state index < -0.39 is 0 Å². The largest absolute Gasteiger partial charge is 0.469 e. The van der Waals surface area contributed by atoms with Crippen molar-refractivity contribution in [2.24, 2.45) is 0 Å². The zero-order valence-corrected chi connectivity index (χ0v) is 6.80. The van der Waals surface area contributed by atoms with Gasteiger partial charge in [-0.3, -0.25) is 0 Å². The first kappa shape index (κ1) is 10.1. The minimum atomic E-state index is 0. The third-order valence-electron chi connectivity index (χ3n) is 1.51. The van der Waals surface area contributed by atoms with Gasteiger partial charge in [-0.1, -0.05) is 6.07 Å². The van der Waals surface area contributed by atoms with Crippen LogP contribution in [0.3, 0.4) is 0 Å². The van der Waals surface area contributed by atoms with Gasteiger partial charge < -0.3 is 4.42 Å². The van der Waals surface area contributed by atoms with Gasteiger partial charge in [0.05, 0.1) is 6.26 Å². The normalized spacial score (nSPS) is 9.33. The van der Waals surface area contributed by atoms with Crippen LogP contribution in [0.1, 0.15) is 10.6 Å². The Kier molecular flexibility index (Phi) is 4.09. The second-order valence-electron chi connectivity index (χ2n) is 2.34. The van der Waals surface area contributed by atoms with Crippen molar-refractivity contribution < 1.29 is 4.42 Å². The van der Waals surface area contributed by atoms with Crippen molar-refractivity contribution in [2.45, 2.75) is 6.42 Å². The van der Waals surface area contributed by atoms with Gasteiger partial charge in [-0.2, -0.15) is 0 Å². The predicted octanol–water partition coefficient (Wildman–Crippen LogP) is 2.28. The fourth-order valence-corrected chi connectivity index (χ4v) is 1.71. The SMILES string of the molecule is [NaH].c1coc(Cc2cccs2)c1. The van der Waals surface area contributed by atoms with Gasteiger partial charge in [0.15, 0.2) is 0 Å². The molecule has 0 saturated carbocycles. The Balaban J connectivity index is 0.000000720. The molecule has 1 nitrogen and oxygen atoms in total. The van der Waals surface area contributed by atoms with Crippen molar-refractivity contribution in [1.29, 1.82) is 0 Å². The van der Waals surface area contributed by atoms with Gasteiger partial charge in [0.2, 0.25) is 0 Å². The Hall–Kier alpha value is -0.0200. The molecule has 2 rings (SSSR count). The first-order chi connectivity index (χ1) is 5.45. The van der Waals surface area contributed by atoms with Gasteiger partial charge in [0, 0.05) is 11.3 Å².